The van der Waals surface area contributed by atoms with E-state index in [0.717, 1.165) is 29.4 Å². The van der Waals surface area contributed by atoms with Gasteiger partial charge in [-0.05, 0) is 29.9 Å². The maximum atomic E-state index is 8.63. The maximum absolute atomic E-state index is 8.63. The van der Waals surface area contributed by atoms with E-state index >= 15 is 0 Å². The summed E-state index contributed by atoms with van der Waals surface area (Å²) >= 11 is 1.76. The molecule has 0 fully saturated rings. The van der Waals surface area contributed by atoms with Crippen molar-refractivity contribution in [2.45, 2.75) is 6.42 Å². The molecule has 2 rings (SSSR count). The van der Waals surface area contributed by atoms with E-state index in [1.54, 1.807) is 11.8 Å². The zero-order valence-corrected chi connectivity index (χ0v) is 9.26. The lowest BCUT2D eigenvalue weighted by molar-refractivity contribution is 0.174. The normalized spacial score (nSPS) is 13.1. The van der Waals surface area contributed by atoms with Crippen LogP contribution in [0.25, 0.3) is 0 Å². The van der Waals surface area contributed by atoms with Crippen LogP contribution in [-0.4, -0.2) is 30.0 Å². The van der Waals surface area contributed by atoms with E-state index in [9.17, 15) is 0 Å². The van der Waals surface area contributed by atoms with Crippen LogP contribution >= 0.6 is 11.8 Å². The van der Waals surface area contributed by atoms with Gasteiger partial charge in [-0.25, -0.2) is 0 Å². The van der Waals surface area contributed by atoms with Gasteiger partial charge in [-0.1, -0.05) is 6.07 Å². The highest BCUT2D eigenvalue weighted by Crippen LogP contribution is 2.32. The molecule has 82 valence electrons. The summed E-state index contributed by atoms with van der Waals surface area (Å²) in [5.41, 5.74) is 1.25. The monoisotopic (exact) mass is 226 g/mol. The highest BCUT2D eigenvalue weighted by molar-refractivity contribution is 7.99. The van der Waals surface area contributed by atoms with Gasteiger partial charge >= 0.3 is 0 Å². The second kappa shape index (κ2) is 5.28. The smallest absolute Gasteiger partial charge is 0.231 e. The van der Waals surface area contributed by atoms with E-state index < -0.39 is 0 Å². The molecule has 1 aromatic carbocycles. The van der Waals surface area contributed by atoms with Crippen molar-refractivity contribution in [3.8, 4) is 11.5 Å². The molecule has 0 bridgehead atoms. The highest BCUT2D eigenvalue weighted by atomic mass is 32.2. The second-order valence-electron chi connectivity index (χ2n) is 3.27. The number of aryl methyl sites for hydroxylation is 1. The number of ether oxygens (including phenoxy) is 2. The van der Waals surface area contributed by atoms with E-state index in [-0.39, 0.29) is 6.61 Å². The molecule has 0 amide bonds. The molecule has 1 aliphatic heterocycles. The quantitative estimate of drug-likeness (QED) is 0.775. The number of thioether (sulfide) groups is 1. The molecule has 3 nitrogen and oxygen atoms in total. The number of fused-ring (bicyclic) bond motifs is 1. The fourth-order valence-corrected chi connectivity index (χ4v) is 2.17. The van der Waals surface area contributed by atoms with Crippen molar-refractivity contribution >= 4 is 11.8 Å². The Labute approximate surface area is 93.4 Å². The third kappa shape index (κ3) is 2.79. The molecule has 0 saturated heterocycles. The maximum Gasteiger partial charge on any atom is 0.231 e. The van der Waals surface area contributed by atoms with E-state index in [0.29, 0.717) is 6.79 Å². The minimum absolute atomic E-state index is 0.256. The van der Waals surface area contributed by atoms with Crippen LogP contribution in [0.2, 0.25) is 0 Å². The first-order valence-corrected chi connectivity index (χ1v) is 6.13. The molecule has 1 N–H and O–H groups in total. The third-order valence-electron chi connectivity index (χ3n) is 2.21. The van der Waals surface area contributed by atoms with Crippen molar-refractivity contribution in [3.63, 3.8) is 0 Å². The van der Waals surface area contributed by atoms with E-state index in [1.807, 2.05) is 12.1 Å². The van der Waals surface area contributed by atoms with Crippen LogP contribution in [0.4, 0.5) is 0 Å². The van der Waals surface area contributed by atoms with Crippen LogP contribution in [0.5, 0.6) is 11.5 Å². The van der Waals surface area contributed by atoms with Gasteiger partial charge in [-0.15, -0.1) is 0 Å². The van der Waals surface area contributed by atoms with Crippen LogP contribution in [0.1, 0.15) is 5.56 Å². The number of hydrogen-bond donors (Lipinski definition) is 1. The first kappa shape index (κ1) is 10.6. The molecule has 4 heteroatoms. The van der Waals surface area contributed by atoms with Gasteiger partial charge in [0.15, 0.2) is 11.5 Å². The minimum atomic E-state index is 0.256. The van der Waals surface area contributed by atoms with E-state index in [4.69, 9.17) is 14.6 Å². The van der Waals surface area contributed by atoms with E-state index in [2.05, 4.69) is 6.07 Å². The summed E-state index contributed by atoms with van der Waals surface area (Å²) in [5, 5.41) is 8.63. The molecule has 0 saturated carbocycles. The summed E-state index contributed by atoms with van der Waals surface area (Å²) < 4.78 is 10.5. The molecule has 1 heterocycles. The molecule has 0 aliphatic carbocycles. The van der Waals surface area contributed by atoms with E-state index in [1.165, 1.54) is 5.56 Å². The van der Waals surface area contributed by atoms with Gasteiger partial charge in [-0.2, -0.15) is 11.8 Å². The Morgan fingerprint density at radius 2 is 2.07 bits per heavy atom. The molecular formula is C11H14O3S. The fourth-order valence-electron chi connectivity index (χ4n) is 1.45. The fraction of sp³-hybridized carbons (Fsp3) is 0.455. The predicted octanol–water partition coefficient (Wildman–Crippen LogP) is 1.68. The van der Waals surface area contributed by atoms with Crippen molar-refractivity contribution in [3.05, 3.63) is 23.8 Å². The number of aliphatic hydroxyl groups excluding tert-OH is 1. The summed E-state index contributed by atoms with van der Waals surface area (Å²) in [5.74, 6) is 3.52. The zero-order chi connectivity index (χ0) is 10.5. The number of rotatable bonds is 5. The molecule has 1 aliphatic rings. The highest BCUT2D eigenvalue weighted by Gasteiger charge is 2.12. The van der Waals surface area contributed by atoms with Crippen molar-refractivity contribution in [2.24, 2.45) is 0 Å². The summed E-state index contributed by atoms with van der Waals surface area (Å²) in [6.45, 7) is 0.587. The van der Waals surface area contributed by atoms with Gasteiger partial charge in [0, 0.05) is 5.75 Å². The Bertz CT molecular complexity index is 328. The number of hydrogen-bond acceptors (Lipinski definition) is 4. The molecule has 0 aromatic heterocycles. The van der Waals surface area contributed by atoms with Gasteiger partial charge in [0.25, 0.3) is 0 Å². The molecule has 0 unspecified atom stereocenters. The second-order valence-corrected chi connectivity index (χ2v) is 4.50. The number of benzene rings is 1. The SMILES string of the molecule is OCCSCCc1ccc2c(c1)OCO2. The van der Waals surface area contributed by atoms with Crippen LogP contribution < -0.4 is 9.47 Å². The van der Waals surface area contributed by atoms with Gasteiger partial charge < -0.3 is 14.6 Å². The molecule has 0 atom stereocenters. The average molecular weight is 226 g/mol. The molecule has 15 heavy (non-hydrogen) atoms. The largest absolute Gasteiger partial charge is 0.454 e. The Balaban J connectivity index is 1.87. The van der Waals surface area contributed by atoms with Crippen molar-refractivity contribution in [1.82, 2.24) is 0 Å². The molecule has 0 radical (unpaired) electrons. The molecular weight excluding hydrogens is 212 g/mol. The van der Waals surface area contributed by atoms with Crippen LogP contribution in [0.3, 0.4) is 0 Å². The summed E-state index contributed by atoms with van der Waals surface area (Å²) in [4.78, 5) is 0. The zero-order valence-electron chi connectivity index (χ0n) is 8.44. The van der Waals surface area contributed by atoms with Crippen LogP contribution in [-0.2, 0) is 6.42 Å². The Morgan fingerprint density at radius 3 is 2.93 bits per heavy atom. The average Bonchev–Trinajstić information content (AvgIpc) is 2.71. The van der Waals surface area contributed by atoms with Gasteiger partial charge in [0.05, 0.1) is 6.61 Å². The van der Waals surface area contributed by atoms with Crippen molar-refractivity contribution in [2.75, 3.05) is 24.9 Å². The summed E-state index contributed by atoms with van der Waals surface area (Å²) in [6.07, 6.45) is 1.00. The Kier molecular flexibility index (Phi) is 3.75. The van der Waals surface area contributed by atoms with Gasteiger partial charge in [-0.3, -0.25) is 0 Å². The lowest BCUT2D eigenvalue weighted by Gasteiger charge is -2.02. The summed E-state index contributed by atoms with van der Waals surface area (Å²) in [7, 11) is 0. The van der Waals surface area contributed by atoms with Crippen molar-refractivity contribution in [1.29, 1.82) is 0 Å². The van der Waals surface area contributed by atoms with Crippen LogP contribution in [0, 0.1) is 0 Å². The standard InChI is InChI=1S/C11H14O3S/c12-4-6-15-5-3-9-1-2-10-11(7-9)14-8-13-10/h1-2,7,12H,3-6,8H2. The number of aliphatic hydroxyl groups is 1. The lowest BCUT2D eigenvalue weighted by atomic mass is 10.1. The molecule has 0 spiro atoms. The minimum Gasteiger partial charge on any atom is -0.454 e. The molecule has 1 aromatic rings. The predicted molar refractivity (Wildman–Crippen MR) is 60.7 cm³/mol. The Morgan fingerprint density at radius 1 is 1.20 bits per heavy atom. The van der Waals surface area contributed by atoms with Gasteiger partial charge in [0.1, 0.15) is 0 Å². The third-order valence-corrected chi connectivity index (χ3v) is 3.17. The lowest BCUT2D eigenvalue weighted by Crippen LogP contribution is -1.93. The first-order chi connectivity index (χ1) is 7.40. The van der Waals surface area contributed by atoms with Gasteiger partial charge in [0.2, 0.25) is 6.79 Å². The van der Waals surface area contributed by atoms with Crippen LogP contribution in [0.15, 0.2) is 18.2 Å². The summed E-state index contributed by atoms with van der Waals surface area (Å²) in [6, 6.07) is 6.04. The topological polar surface area (TPSA) is 38.7 Å². The first-order valence-electron chi connectivity index (χ1n) is 4.97. The van der Waals surface area contributed by atoms with Crippen molar-refractivity contribution < 1.29 is 14.6 Å². The Hall–Kier alpha value is -0.870.